The highest BCUT2D eigenvalue weighted by Gasteiger charge is 2.52. The van der Waals surface area contributed by atoms with Gasteiger partial charge in [-0.3, -0.25) is 14.4 Å². The molecule has 0 radical (unpaired) electrons. The third-order valence-electron chi connectivity index (χ3n) is 10.3. The third-order valence-corrected chi connectivity index (χ3v) is 10.3. The van der Waals surface area contributed by atoms with Crippen LogP contribution in [0.2, 0.25) is 0 Å². The maximum absolute atomic E-state index is 13.8. The quantitative estimate of drug-likeness (QED) is 0.235. The monoisotopic (exact) mass is 685 g/mol. The second-order valence-corrected chi connectivity index (χ2v) is 13.9. The number of rotatable bonds is 6. The Morgan fingerprint density at radius 3 is 2.29 bits per heavy atom. The van der Waals surface area contributed by atoms with Gasteiger partial charge in [-0.2, -0.15) is 0 Å². The molecule has 14 nitrogen and oxygen atoms in total. The maximum atomic E-state index is 13.8. The number of methoxy groups -OCH3 is 1. The molecule has 2 aromatic rings. The van der Waals surface area contributed by atoms with Crippen molar-refractivity contribution in [3.8, 4) is 11.5 Å². The fourth-order valence-electron chi connectivity index (χ4n) is 7.75. The molecule has 2 aromatic carbocycles. The SMILES string of the molecule is COC(=O)[C@@H]1c2cc3c(c(O)c2[C@@H](O[C@H]2C[C@H](N(C)C)C(O[C@H]4C[C@H](O)[C@H](O)[C@H](C)O4)[C@H](C)O2)C[C@@]1(C)O)C(=O)c1c(O)cccc1C3=O. The molecule has 2 aliphatic carbocycles. The van der Waals surface area contributed by atoms with E-state index in [4.69, 9.17) is 23.7 Å². The lowest BCUT2D eigenvalue weighted by Gasteiger charge is -2.47. The number of carbonyl (C=O) groups is 3. The van der Waals surface area contributed by atoms with Crippen LogP contribution >= 0.6 is 0 Å². The minimum absolute atomic E-state index is 0.0221. The first kappa shape index (κ1) is 35.4. The third kappa shape index (κ3) is 6.03. The predicted molar refractivity (Wildman–Crippen MR) is 169 cm³/mol. The van der Waals surface area contributed by atoms with Crippen LogP contribution in [-0.2, 0) is 28.5 Å². The van der Waals surface area contributed by atoms with Crippen molar-refractivity contribution in [1.29, 1.82) is 0 Å². The number of ether oxygens (including phenoxy) is 5. The van der Waals surface area contributed by atoms with E-state index in [-0.39, 0.29) is 58.7 Å². The van der Waals surface area contributed by atoms with Gasteiger partial charge in [0.25, 0.3) is 0 Å². The first-order chi connectivity index (χ1) is 23.0. The highest BCUT2D eigenvalue weighted by atomic mass is 16.7. The average Bonchev–Trinajstić information content (AvgIpc) is 3.02. The molecule has 266 valence electrons. The number of fused-ring (bicyclic) bond motifs is 3. The fourth-order valence-corrected chi connectivity index (χ4v) is 7.75. The van der Waals surface area contributed by atoms with E-state index in [0.717, 1.165) is 7.11 Å². The van der Waals surface area contributed by atoms with Gasteiger partial charge in [-0.1, -0.05) is 12.1 Å². The Kier molecular flexibility index (Phi) is 9.39. The van der Waals surface area contributed by atoms with Crippen molar-refractivity contribution in [3.05, 3.63) is 57.6 Å². The number of phenols is 2. The summed E-state index contributed by atoms with van der Waals surface area (Å²) in [7, 11) is 4.87. The summed E-state index contributed by atoms with van der Waals surface area (Å²) >= 11 is 0. The normalized spacial score (nSPS) is 35.8. The van der Waals surface area contributed by atoms with E-state index in [1.54, 1.807) is 13.8 Å². The van der Waals surface area contributed by atoms with Crippen molar-refractivity contribution < 1.29 is 63.6 Å². The molecule has 4 aliphatic rings. The lowest BCUT2D eigenvalue weighted by molar-refractivity contribution is -0.310. The van der Waals surface area contributed by atoms with Crippen LogP contribution in [0.1, 0.15) is 95.0 Å². The molecule has 0 saturated carbocycles. The van der Waals surface area contributed by atoms with Gasteiger partial charge in [0.1, 0.15) is 29.6 Å². The van der Waals surface area contributed by atoms with Crippen molar-refractivity contribution in [1.82, 2.24) is 4.90 Å². The molecule has 2 aliphatic heterocycles. The zero-order chi connectivity index (χ0) is 35.7. The van der Waals surface area contributed by atoms with Gasteiger partial charge in [0.2, 0.25) is 5.78 Å². The molecule has 6 rings (SSSR count). The first-order valence-electron chi connectivity index (χ1n) is 16.3. The van der Waals surface area contributed by atoms with Gasteiger partial charge in [-0.15, -0.1) is 0 Å². The minimum Gasteiger partial charge on any atom is -0.507 e. The molecule has 11 atom stereocenters. The highest BCUT2D eigenvalue weighted by molar-refractivity contribution is 6.30. The standard InChI is InChI=1S/C35H43NO13/c1-14-29(39)21(38)12-24(46-14)49-33-15(2)47-23(11-19(33)36(4)5)48-22-13-35(3,44)28(34(43)45-6)17-10-18-27(32(42)26(17)22)31(41)25-16(30(18)40)8-7-9-20(25)37/h7-10,14-15,19,21-24,28-29,33,37-39,42,44H,11-13H2,1-6H3/t14-,15-,19-,21-,22-,23-,24-,28-,29+,33?,35+/m0/s1. The number of hydrogen-bond acceptors (Lipinski definition) is 14. The summed E-state index contributed by atoms with van der Waals surface area (Å²) in [4.78, 5) is 42.5. The summed E-state index contributed by atoms with van der Waals surface area (Å²) < 4.78 is 29.9. The number of nitrogens with zero attached hydrogens (tertiary/aromatic N) is 1. The lowest BCUT2D eigenvalue weighted by Crippen LogP contribution is -2.57. The molecule has 5 N–H and O–H groups in total. The number of carbonyl (C=O) groups excluding carboxylic acids is 3. The highest BCUT2D eigenvalue weighted by Crippen LogP contribution is 2.53. The fraction of sp³-hybridized carbons (Fsp3) is 0.571. The molecule has 2 heterocycles. The zero-order valence-electron chi connectivity index (χ0n) is 28.2. The van der Waals surface area contributed by atoms with E-state index in [1.165, 1.54) is 31.2 Å². The maximum Gasteiger partial charge on any atom is 0.316 e. The summed E-state index contributed by atoms with van der Waals surface area (Å²) in [5, 5.41) is 54.4. The molecule has 0 amide bonds. The Labute approximate surface area is 283 Å². The van der Waals surface area contributed by atoms with Crippen LogP contribution in [0, 0.1) is 0 Å². The van der Waals surface area contributed by atoms with E-state index in [2.05, 4.69) is 0 Å². The summed E-state index contributed by atoms with van der Waals surface area (Å²) in [6.45, 7) is 4.86. The van der Waals surface area contributed by atoms with Crippen LogP contribution in [-0.4, -0.2) is 124 Å². The lowest BCUT2D eigenvalue weighted by atomic mass is 9.68. The minimum atomic E-state index is -1.78. The number of aromatic hydroxyl groups is 2. The molecular formula is C35H43NO13. The van der Waals surface area contributed by atoms with Gasteiger partial charge in [0.15, 0.2) is 18.4 Å². The van der Waals surface area contributed by atoms with Crippen molar-refractivity contribution in [3.63, 3.8) is 0 Å². The number of hydrogen-bond donors (Lipinski definition) is 5. The summed E-state index contributed by atoms with van der Waals surface area (Å²) in [6.07, 6.45) is -6.59. The van der Waals surface area contributed by atoms with Crippen LogP contribution in [0.4, 0.5) is 0 Å². The molecule has 1 unspecified atom stereocenters. The van der Waals surface area contributed by atoms with Gasteiger partial charge >= 0.3 is 5.97 Å². The van der Waals surface area contributed by atoms with Crippen molar-refractivity contribution in [2.75, 3.05) is 21.2 Å². The Morgan fingerprint density at radius 1 is 0.959 bits per heavy atom. The molecule has 2 fully saturated rings. The molecule has 0 aromatic heterocycles. The van der Waals surface area contributed by atoms with E-state index in [0.29, 0.717) is 0 Å². The van der Waals surface area contributed by atoms with Crippen molar-refractivity contribution in [2.24, 2.45) is 0 Å². The Balaban J connectivity index is 1.35. The van der Waals surface area contributed by atoms with Gasteiger partial charge < -0.3 is 54.1 Å². The van der Waals surface area contributed by atoms with Crippen LogP contribution in [0.25, 0.3) is 0 Å². The molecule has 2 saturated heterocycles. The van der Waals surface area contributed by atoms with Gasteiger partial charge in [-0.25, -0.2) is 0 Å². The van der Waals surface area contributed by atoms with Gasteiger partial charge in [0.05, 0.1) is 48.3 Å². The Morgan fingerprint density at radius 2 is 1.63 bits per heavy atom. The molecule has 0 spiro atoms. The smallest absolute Gasteiger partial charge is 0.316 e. The number of aliphatic hydroxyl groups excluding tert-OH is 2. The summed E-state index contributed by atoms with van der Waals surface area (Å²) in [6, 6.07) is 5.09. The zero-order valence-corrected chi connectivity index (χ0v) is 28.2. The van der Waals surface area contributed by atoms with Crippen LogP contribution in [0.15, 0.2) is 24.3 Å². The Hall–Kier alpha value is -3.47. The molecule has 14 heteroatoms. The second-order valence-electron chi connectivity index (χ2n) is 13.9. The molecule has 0 bridgehead atoms. The van der Waals surface area contributed by atoms with Gasteiger partial charge in [-0.05, 0) is 52.6 Å². The largest absolute Gasteiger partial charge is 0.507 e. The van der Waals surface area contributed by atoms with E-state index in [9.17, 15) is 39.9 Å². The number of likely N-dealkylation sites (N-methyl/N-ethyl adjacent to an activating group) is 1. The predicted octanol–water partition coefficient (Wildman–Crippen LogP) is 1.65. The van der Waals surface area contributed by atoms with E-state index in [1.807, 2.05) is 19.0 Å². The van der Waals surface area contributed by atoms with Crippen LogP contribution in [0.5, 0.6) is 11.5 Å². The van der Waals surface area contributed by atoms with Crippen molar-refractivity contribution >= 4 is 17.5 Å². The number of aliphatic hydroxyl groups is 3. The molecule has 49 heavy (non-hydrogen) atoms. The average molecular weight is 686 g/mol. The first-order valence-corrected chi connectivity index (χ1v) is 16.3. The van der Waals surface area contributed by atoms with E-state index >= 15 is 0 Å². The van der Waals surface area contributed by atoms with Crippen molar-refractivity contribution in [2.45, 2.75) is 107 Å². The van der Waals surface area contributed by atoms with Gasteiger partial charge in [0, 0.05) is 42.0 Å². The van der Waals surface area contributed by atoms with Crippen LogP contribution < -0.4 is 0 Å². The topological polar surface area (TPSA) is 202 Å². The summed E-state index contributed by atoms with van der Waals surface area (Å²) in [5.74, 6) is -4.61. The summed E-state index contributed by atoms with van der Waals surface area (Å²) in [5.41, 5.74) is -2.53. The molecular weight excluding hydrogens is 642 g/mol. The number of ketones is 2. The number of benzene rings is 2. The Bertz CT molecular complexity index is 1640. The number of esters is 1. The van der Waals surface area contributed by atoms with Crippen LogP contribution in [0.3, 0.4) is 0 Å². The second kappa shape index (κ2) is 13.0. The van der Waals surface area contributed by atoms with E-state index < -0.39 is 89.8 Å². The number of phenolic OH excluding ortho intramolecular Hbond substituents is 2.